The molecular weight excluding hydrogens is 468 g/mol. The molecule has 4 N–H and O–H groups in total. The minimum atomic E-state index is -1.16. The van der Waals surface area contributed by atoms with Crippen LogP contribution in [-0.4, -0.2) is 39.5 Å². The number of carbonyl (C=O) groups excluding carboxylic acids is 2. The highest BCUT2D eigenvalue weighted by molar-refractivity contribution is 5.91. The fourth-order valence-corrected chi connectivity index (χ4v) is 6.07. The number of aryl methyl sites for hydroxylation is 1. The monoisotopic (exact) mass is 502 g/mol. The third-order valence-electron chi connectivity index (χ3n) is 7.93. The van der Waals surface area contributed by atoms with Gasteiger partial charge in [-0.05, 0) is 61.4 Å². The van der Waals surface area contributed by atoms with E-state index in [1.807, 2.05) is 61.5 Å². The molecule has 8 nitrogen and oxygen atoms in total. The Labute approximate surface area is 216 Å². The van der Waals surface area contributed by atoms with Crippen LogP contribution in [-0.2, 0) is 21.7 Å². The van der Waals surface area contributed by atoms with E-state index in [1.54, 1.807) is 10.4 Å². The molecule has 194 valence electrons. The minimum Gasteiger partial charge on any atom is -0.489 e. The number of pyridine rings is 1. The number of para-hydroxylation sites is 1. The predicted octanol–water partition coefficient (Wildman–Crippen LogP) is 3.82. The molecule has 1 aliphatic carbocycles. The molecule has 37 heavy (non-hydrogen) atoms. The highest BCUT2D eigenvalue weighted by atomic mass is 16.5. The molecule has 2 amide bonds. The number of nitrogens with two attached hydrogens (primary N) is 1. The number of hydrogen-bond acceptors (Lipinski definition) is 6. The summed E-state index contributed by atoms with van der Waals surface area (Å²) in [5, 5.41) is 10.3. The average Bonchev–Trinajstić information content (AvgIpc) is 3.37. The van der Waals surface area contributed by atoms with E-state index in [0.29, 0.717) is 38.2 Å². The number of amides is 2. The average molecular weight is 503 g/mol. The third kappa shape index (κ3) is 4.67. The van der Waals surface area contributed by atoms with Gasteiger partial charge in [0, 0.05) is 29.2 Å². The lowest BCUT2D eigenvalue weighted by molar-refractivity contribution is -0.139. The van der Waals surface area contributed by atoms with Gasteiger partial charge in [-0.25, -0.2) is 5.48 Å². The van der Waals surface area contributed by atoms with Crippen LogP contribution in [0.1, 0.15) is 49.9 Å². The largest absolute Gasteiger partial charge is 0.489 e. The first-order chi connectivity index (χ1) is 17.6. The number of fused-ring (bicyclic) bond motifs is 1. The van der Waals surface area contributed by atoms with Gasteiger partial charge < -0.3 is 15.4 Å². The molecule has 1 saturated heterocycles. The minimum absolute atomic E-state index is 0.111. The summed E-state index contributed by atoms with van der Waals surface area (Å²) in [4.78, 5) is 32.3. The van der Waals surface area contributed by atoms with Gasteiger partial charge >= 0.3 is 0 Å². The van der Waals surface area contributed by atoms with Crippen LogP contribution in [0.15, 0.2) is 54.6 Å². The zero-order valence-corrected chi connectivity index (χ0v) is 21.5. The van der Waals surface area contributed by atoms with Crippen LogP contribution >= 0.6 is 0 Å². The maximum atomic E-state index is 13.6. The Bertz CT molecular complexity index is 1340. The topological polar surface area (TPSA) is 118 Å². The molecule has 1 aliphatic heterocycles. The van der Waals surface area contributed by atoms with Crippen molar-refractivity contribution in [3.63, 3.8) is 0 Å². The van der Waals surface area contributed by atoms with E-state index in [-0.39, 0.29) is 17.4 Å². The summed E-state index contributed by atoms with van der Waals surface area (Å²) < 4.78 is 6.08. The quantitative estimate of drug-likeness (QED) is 0.348. The van der Waals surface area contributed by atoms with E-state index >= 15 is 0 Å². The van der Waals surface area contributed by atoms with Crippen LogP contribution in [0.4, 0.5) is 0 Å². The first-order valence-electron chi connectivity index (χ1n) is 12.7. The van der Waals surface area contributed by atoms with E-state index in [2.05, 4.69) is 18.8 Å². The van der Waals surface area contributed by atoms with E-state index in [9.17, 15) is 14.8 Å². The molecule has 1 saturated carbocycles. The summed E-state index contributed by atoms with van der Waals surface area (Å²) in [5.41, 5.74) is 10.9. The number of nitrogens with one attached hydrogen (secondary N) is 1. The number of benzene rings is 2. The Morgan fingerprint density at radius 2 is 1.92 bits per heavy atom. The Hall–Kier alpha value is -3.49. The van der Waals surface area contributed by atoms with Crippen molar-refractivity contribution in [2.75, 3.05) is 6.54 Å². The van der Waals surface area contributed by atoms with Gasteiger partial charge in [0.05, 0.1) is 11.4 Å². The molecule has 2 fully saturated rings. The standard InChI is InChI=1S/C29H34N4O4/c1-18-14-19(22-6-4-5-7-24(22)31-18)17-37-21-10-8-20(9-11-21)29(30)12-13-33(27(29)35)25-16-28(2,3)15-23(25)26(34)32-36/h4-11,14,23,25,36H,12-13,15-17,30H2,1-3H3,(H,32,34)/t23-,25?,29-/m0/s1. The van der Waals surface area contributed by atoms with Crippen LogP contribution in [0.2, 0.25) is 0 Å². The zero-order chi connectivity index (χ0) is 26.4. The van der Waals surface area contributed by atoms with Crippen molar-refractivity contribution in [1.82, 2.24) is 15.4 Å². The van der Waals surface area contributed by atoms with Crippen LogP contribution in [0, 0.1) is 18.3 Å². The second-order valence-corrected chi connectivity index (χ2v) is 11.2. The van der Waals surface area contributed by atoms with Gasteiger partial charge in [-0.3, -0.25) is 19.8 Å². The molecule has 0 radical (unpaired) electrons. The van der Waals surface area contributed by atoms with Crippen molar-refractivity contribution >= 4 is 22.7 Å². The molecular formula is C29H34N4O4. The van der Waals surface area contributed by atoms with Crippen molar-refractivity contribution in [3.05, 3.63) is 71.4 Å². The Morgan fingerprint density at radius 1 is 1.19 bits per heavy atom. The number of aromatic nitrogens is 1. The first-order valence-corrected chi connectivity index (χ1v) is 12.7. The molecule has 3 aromatic rings. The molecule has 2 aliphatic rings. The zero-order valence-electron chi connectivity index (χ0n) is 21.5. The molecule has 5 rings (SSSR count). The lowest BCUT2D eigenvalue weighted by Crippen LogP contribution is -2.50. The van der Waals surface area contributed by atoms with Crippen LogP contribution < -0.4 is 16.0 Å². The number of carbonyl (C=O) groups is 2. The van der Waals surface area contributed by atoms with E-state index in [4.69, 9.17) is 10.5 Å². The highest BCUT2D eigenvalue weighted by Crippen LogP contribution is 2.46. The van der Waals surface area contributed by atoms with Crippen LogP contribution in [0.25, 0.3) is 10.9 Å². The molecule has 1 aromatic heterocycles. The molecule has 0 bridgehead atoms. The van der Waals surface area contributed by atoms with E-state index in [0.717, 1.165) is 27.7 Å². The number of nitrogens with zero attached hydrogens (tertiary/aromatic N) is 2. The number of ether oxygens (including phenoxy) is 1. The maximum absolute atomic E-state index is 13.6. The van der Waals surface area contributed by atoms with Crippen molar-refractivity contribution in [2.24, 2.45) is 17.1 Å². The number of likely N-dealkylation sites (tertiary alicyclic amines) is 1. The molecule has 1 unspecified atom stereocenters. The molecule has 8 heteroatoms. The predicted molar refractivity (Wildman–Crippen MR) is 140 cm³/mol. The van der Waals surface area contributed by atoms with Gasteiger partial charge in [-0.15, -0.1) is 0 Å². The maximum Gasteiger partial charge on any atom is 0.248 e. The fraction of sp³-hybridized carbons (Fsp3) is 0.414. The fourth-order valence-electron chi connectivity index (χ4n) is 6.07. The lowest BCUT2D eigenvalue weighted by atomic mass is 9.89. The second-order valence-electron chi connectivity index (χ2n) is 11.2. The van der Waals surface area contributed by atoms with Gasteiger partial charge in [0.15, 0.2) is 0 Å². The van der Waals surface area contributed by atoms with Gasteiger partial charge in [-0.2, -0.15) is 0 Å². The van der Waals surface area contributed by atoms with Gasteiger partial charge in [0.1, 0.15) is 17.9 Å². The van der Waals surface area contributed by atoms with Gasteiger partial charge in [0.25, 0.3) is 0 Å². The number of rotatable bonds is 6. The van der Waals surface area contributed by atoms with Crippen molar-refractivity contribution in [1.29, 1.82) is 0 Å². The van der Waals surface area contributed by atoms with Crippen LogP contribution in [0.3, 0.4) is 0 Å². The van der Waals surface area contributed by atoms with Crippen LogP contribution in [0.5, 0.6) is 5.75 Å². The summed E-state index contributed by atoms with van der Waals surface area (Å²) in [6.45, 7) is 7.00. The summed E-state index contributed by atoms with van der Waals surface area (Å²) in [6.07, 6.45) is 1.74. The highest BCUT2D eigenvalue weighted by Gasteiger charge is 2.53. The van der Waals surface area contributed by atoms with Crippen molar-refractivity contribution < 1.29 is 19.5 Å². The molecule has 3 atom stereocenters. The first kappa shape index (κ1) is 25.2. The lowest BCUT2D eigenvalue weighted by Gasteiger charge is -2.31. The Balaban J connectivity index is 1.31. The van der Waals surface area contributed by atoms with E-state index < -0.39 is 17.4 Å². The van der Waals surface area contributed by atoms with Crippen molar-refractivity contribution in [2.45, 2.75) is 58.2 Å². The summed E-state index contributed by atoms with van der Waals surface area (Å²) >= 11 is 0. The Morgan fingerprint density at radius 3 is 2.65 bits per heavy atom. The number of hydroxylamine groups is 1. The Kier molecular flexibility index (Phi) is 6.41. The second kappa shape index (κ2) is 9.43. The van der Waals surface area contributed by atoms with Gasteiger partial charge in [0.2, 0.25) is 11.8 Å². The van der Waals surface area contributed by atoms with Gasteiger partial charge in [-0.1, -0.05) is 44.2 Å². The smallest absolute Gasteiger partial charge is 0.248 e. The molecule has 2 heterocycles. The van der Waals surface area contributed by atoms with Crippen molar-refractivity contribution in [3.8, 4) is 5.75 Å². The SMILES string of the molecule is Cc1cc(COc2ccc([C@@]3(N)CCN(C4CC(C)(C)C[C@@H]4C(=O)NO)C3=O)cc2)c2ccccc2n1. The summed E-state index contributed by atoms with van der Waals surface area (Å²) in [7, 11) is 0. The summed E-state index contributed by atoms with van der Waals surface area (Å²) in [5.74, 6) is -0.407. The molecule has 2 aromatic carbocycles. The normalized spacial score (nSPS) is 25.0. The number of hydrogen-bond donors (Lipinski definition) is 3. The van der Waals surface area contributed by atoms with E-state index in [1.165, 1.54) is 0 Å². The molecule has 0 spiro atoms. The summed E-state index contributed by atoms with van der Waals surface area (Å²) in [6, 6.07) is 17.1. The third-order valence-corrected chi connectivity index (χ3v) is 7.93.